The number of nitrogens with zero attached hydrogens (tertiary/aromatic N) is 3. The quantitative estimate of drug-likeness (QED) is 0.892. The molecule has 0 amide bonds. The number of carboxylic acids is 1. The summed E-state index contributed by atoms with van der Waals surface area (Å²) < 4.78 is 26.7. The second-order valence-corrected chi connectivity index (χ2v) is 6.70. The van der Waals surface area contributed by atoms with E-state index in [9.17, 15) is 18.7 Å². The minimum atomic E-state index is -2.72. The van der Waals surface area contributed by atoms with Gasteiger partial charge in [0, 0.05) is 18.7 Å². The monoisotopic (exact) mass is 361 g/mol. The first-order valence-corrected chi connectivity index (χ1v) is 8.57. The van der Waals surface area contributed by atoms with Gasteiger partial charge in [-0.2, -0.15) is 0 Å². The van der Waals surface area contributed by atoms with E-state index < -0.39 is 18.3 Å². The SMILES string of the molecule is Cc1ccc(-c2cc(C(F)F)nc(N3CCCC(C(=O)O)C3)n2)cc1C. The van der Waals surface area contributed by atoms with Crippen LogP contribution in [0.4, 0.5) is 14.7 Å². The fourth-order valence-corrected chi connectivity index (χ4v) is 3.12. The topological polar surface area (TPSA) is 66.3 Å². The molecule has 2 aromatic rings. The molecule has 1 aromatic carbocycles. The van der Waals surface area contributed by atoms with Gasteiger partial charge in [-0.1, -0.05) is 12.1 Å². The molecule has 0 radical (unpaired) electrons. The van der Waals surface area contributed by atoms with Crippen molar-refractivity contribution in [2.24, 2.45) is 5.92 Å². The molecule has 1 atom stereocenters. The first kappa shape index (κ1) is 18.2. The summed E-state index contributed by atoms with van der Waals surface area (Å²) in [4.78, 5) is 21.4. The van der Waals surface area contributed by atoms with E-state index in [-0.39, 0.29) is 18.2 Å². The number of piperidine rings is 1. The van der Waals surface area contributed by atoms with Crippen molar-refractivity contribution < 1.29 is 18.7 Å². The number of carboxylic acid groups (broad SMARTS) is 1. The van der Waals surface area contributed by atoms with Gasteiger partial charge in [0.05, 0.1) is 11.6 Å². The summed E-state index contributed by atoms with van der Waals surface area (Å²) in [6.07, 6.45) is -1.48. The molecule has 3 rings (SSSR count). The van der Waals surface area contributed by atoms with Gasteiger partial charge in [-0.25, -0.2) is 18.7 Å². The maximum atomic E-state index is 13.4. The summed E-state index contributed by atoms with van der Waals surface area (Å²) in [5.41, 5.74) is 2.97. The number of alkyl halides is 2. The van der Waals surface area contributed by atoms with E-state index >= 15 is 0 Å². The molecule has 7 heteroatoms. The largest absolute Gasteiger partial charge is 0.481 e. The fraction of sp³-hybridized carbons (Fsp3) is 0.421. The molecule has 138 valence electrons. The van der Waals surface area contributed by atoms with Crippen LogP contribution in [0.15, 0.2) is 24.3 Å². The second kappa shape index (κ2) is 7.35. The van der Waals surface area contributed by atoms with Crippen LogP contribution in [-0.2, 0) is 4.79 Å². The lowest BCUT2D eigenvalue weighted by molar-refractivity contribution is -0.141. The molecule has 1 saturated heterocycles. The van der Waals surface area contributed by atoms with Crippen LogP contribution in [0, 0.1) is 19.8 Å². The van der Waals surface area contributed by atoms with Gasteiger partial charge >= 0.3 is 5.97 Å². The minimum Gasteiger partial charge on any atom is -0.481 e. The average Bonchev–Trinajstić information content (AvgIpc) is 2.63. The van der Waals surface area contributed by atoms with Crippen molar-refractivity contribution in [1.29, 1.82) is 0 Å². The average molecular weight is 361 g/mol. The molecule has 1 aliphatic heterocycles. The highest BCUT2D eigenvalue weighted by Crippen LogP contribution is 2.29. The third-order valence-corrected chi connectivity index (χ3v) is 4.81. The van der Waals surface area contributed by atoms with E-state index in [0.29, 0.717) is 25.1 Å². The third-order valence-electron chi connectivity index (χ3n) is 4.81. The molecule has 0 saturated carbocycles. The Hall–Kier alpha value is -2.57. The van der Waals surface area contributed by atoms with Gasteiger partial charge in [0.25, 0.3) is 6.43 Å². The number of carbonyl (C=O) groups is 1. The summed E-state index contributed by atoms with van der Waals surface area (Å²) in [5.74, 6) is -1.25. The van der Waals surface area contributed by atoms with Gasteiger partial charge in [0.15, 0.2) is 0 Å². The number of hydrogen-bond donors (Lipinski definition) is 1. The Morgan fingerprint density at radius 2 is 2.00 bits per heavy atom. The van der Waals surface area contributed by atoms with Crippen molar-refractivity contribution in [1.82, 2.24) is 9.97 Å². The summed E-state index contributed by atoms with van der Waals surface area (Å²) in [5, 5.41) is 9.25. The van der Waals surface area contributed by atoms with Gasteiger partial charge in [-0.15, -0.1) is 0 Å². The number of hydrogen-bond acceptors (Lipinski definition) is 4. The predicted molar refractivity (Wildman–Crippen MR) is 94.5 cm³/mol. The van der Waals surface area contributed by atoms with Crippen molar-refractivity contribution in [2.45, 2.75) is 33.1 Å². The molecule has 0 aliphatic carbocycles. The lowest BCUT2D eigenvalue weighted by atomic mass is 9.98. The van der Waals surface area contributed by atoms with Crippen molar-refractivity contribution in [3.8, 4) is 11.3 Å². The Morgan fingerprint density at radius 1 is 1.23 bits per heavy atom. The molecule has 5 nitrogen and oxygen atoms in total. The highest BCUT2D eigenvalue weighted by Gasteiger charge is 2.28. The van der Waals surface area contributed by atoms with Gasteiger partial charge in [-0.3, -0.25) is 4.79 Å². The summed E-state index contributed by atoms with van der Waals surface area (Å²) in [7, 11) is 0. The van der Waals surface area contributed by atoms with E-state index in [1.54, 1.807) is 4.90 Å². The highest BCUT2D eigenvalue weighted by atomic mass is 19.3. The van der Waals surface area contributed by atoms with Gasteiger partial charge in [-0.05, 0) is 49.9 Å². The Balaban J connectivity index is 2.01. The normalized spacial score (nSPS) is 17.6. The van der Waals surface area contributed by atoms with Crippen LogP contribution in [0.5, 0.6) is 0 Å². The number of benzene rings is 1. The van der Waals surface area contributed by atoms with Crippen molar-refractivity contribution in [3.05, 3.63) is 41.1 Å². The number of aliphatic carboxylic acids is 1. The maximum Gasteiger partial charge on any atom is 0.308 e. The van der Waals surface area contributed by atoms with E-state index in [4.69, 9.17) is 0 Å². The van der Waals surface area contributed by atoms with E-state index in [1.807, 2.05) is 32.0 Å². The molecule has 1 fully saturated rings. The number of rotatable bonds is 4. The molecule has 1 unspecified atom stereocenters. The van der Waals surface area contributed by atoms with Crippen molar-refractivity contribution in [3.63, 3.8) is 0 Å². The summed E-state index contributed by atoms with van der Waals surface area (Å²) >= 11 is 0. The molecule has 1 aromatic heterocycles. The summed E-state index contributed by atoms with van der Waals surface area (Å²) in [6, 6.07) is 6.99. The Bertz CT molecular complexity index is 826. The summed E-state index contributed by atoms with van der Waals surface area (Å²) in [6.45, 7) is 4.73. The molecule has 26 heavy (non-hydrogen) atoms. The zero-order valence-electron chi connectivity index (χ0n) is 14.7. The Morgan fingerprint density at radius 3 is 2.65 bits per heavy atom. The highest BCUT2D eigenvalue weighted by molar-refractivity contribution is 5.71. The van der Waals surface area contributed by atoms with Crippen LogP contribution in [0.2, 0.25) is 0 Å². The van der Waals surface area contributed by atoms with E-state index in [2.05, 4.69) is 9.97 Å². The molecule has 1 aliphatic rings. The van der Waals surface area contributed by atoms with Gasteiger partial charge < -0.3 is 10.0 Å². The number of aromatic nitrogens is 2. The first-order chi connectivity index (χ1) is 12.3. The van der Waals surface area contributed by atoms with Crippen LogP contribution in [0.25, 0.3) is 11.3 Å². The number of halogens is 2. The molecule has 0 spiro atoms. The van der Waals surface area contributed by atoms with Crippen LogP contribution < -0.4 is 4.90 Å². The lowest BCUT2D eigenvalue weighted by Crippen LogP contribution is -2.39. The van der Waals surface area contributed by atoms with E-state index in [0.717, 1.165) is 16.7 Å². The standard InChI is InChI=1S/C19H21F2N3O2/c1-11-5-6-13(8-12(11)2)15-9-16(17(20)21)23-19(22-15)24-7-3-4-14(10-24)18(25)26/h5-6,8-9,14,17H,3-4,7,10H2,1-2H3,(H,25,26). The van der Waals surface area contributed by atoms with Gasteiger partial charge in [0.2, 0.25) is 5.95 Å². The maximum absolute atomic E-state index is 13.4. The third kappa shape index (κ3) is 3.81. The molecule has 0 bridgehead atoms. The number of anilines is 1. The lowest BCUT2D eigenvalue weighted by Gasteiger charge is -2.31. The predicted octanol–water partition coefficient (Wildman–Crippen LogP) is 4.00. The zero-order valence-corrected chi connectivity index (χ0v) is 14.7. The second-order valence-electron chi connectivity index (χ2n) is 6.70. The first-order valence-electron chi connectivity index (χ1n) is 8.57. The fourth-order valence-electron chi connectivity index (χ4n) is 3.12. The van der Waals surface area contributed by atoms with E-state index in [1.165, 1.54) is 6.07 Å². The van der Waals surface area contributed by atoms with Crippen LogP contribution >= 0.6 is 0 Å². The van der Waals surface area contributed by atoms with Gasteiger partial charge in [0.1, 0.15) is 5.69 Å². The zero-order chi connectivity index (χ0) is 18.8. The van der Waals surface area contributed by atoms with Crippen molar-refractivity contribution >= 4 is 11.9 Å². The van der Waals surface area contributed by atoms with Crippen LogP contribution in [-0.4, -0.2) is 34.1 Å². The molecule has 1 N–H and O–H groups in total. The smallest absolute Gasteiger partial charge is 0.308 e. The number of aryl methyl sites for hydroxylation is 2. The Kier molecular flexibility index (Phi) is 5.15. The van der Waals surface area contributed by atoms with Crippen molar-refractivity contribution in [2.75, 3.05) is 18.0 Å². The molecular formula is C19H21F2N3O2. The van der Waals surface area contributed by atoms with Crippen LogP contribution in [0.3, 0.4) is 0 Å². The minimum absolute atomic E-state index is 0.168. The Labute approximate surface area is 150 Å². The molecular weight excluding hydrogens is 340 g/mol. The van der Waals surface area contributed by atoms with Crippen LogP contribution in [0.1, 0.15) is 36.1 Å². The molecule has 2 heterocycles.